The Morgan fingerprint density at radius 2 is 1.33 bits per heavy atom. The molecule has 0 saturated heterocycles. The van der Waals surface area contributed by atoms with E-state index in [0.717, 1.165) is 12.1 Å². The van der Waals surface area contributed by atoms with Crippen LogP contribution in [0.2, 0.25) is 0 Å². The van der Waals surface area contributed by atoms with Gasteiger partial charge in [0.2, 0.25) is 5.82 Å². The molecule has 13 heteroatoms. The van der Waals surface area contributed by atoms with E-state index in [4.69, 9.17) is 5.73 Å². The van der Waals surface area contributed by atoms with Crippen molar-refractivity contribution in [2.24, 2.45) is 0 Å². The Bertz CT molecular complexity index is 1200. The summed E-state index contributed by atoms with van der Waals surface area (Å²) in [5, 5.41) is 10.1. The average Bonchev–Trinajstić information content (AvgIpc) is 3.50. The summed E-state index contributed by atoms with van der Waals surface area (Å²) in [5.74, 6) is -1.29. The van der Waals surface area contributed by atoms with Gasteiger partial charge in [0.05, 0.1) is 27.4 Å². The summed E-state index contributed by atoms with van der Waals surface area (Å²) in [4.78, 5) is 11.8. The largest absolute Gasteiger partial charge is 0.416 e. The maximum absolute atomic E-state index is 12.6. The van der Waals surface area contributed by atoms with Gasteiger partial charge in [-0.15, -0.1) is 0 Å². The zero-order valence-corrected chi connectivity index (χ0v) is 17.5. The zero-order valence-electron chi connectivity index (χ0n) is 17.5. The molecule has 0 atom stereocenters. The summed E-state index contributed by atoms with van der Waals surface area (Å²) in [6, 6.07) is 11.8. The van der Waals surface area contributed by atoms with Crippen LogP contribution in [-0.4, -0.2) is 14.5 Å². The number of H-pyrrole nitrogens is 1. The molecule has 194 valence electrons. The molecule has 0 saturated carbocycles. The second-order valence-electron chi connectivity index (χ2n) is 6.67. The molecule has 6 nitrogen and oxygen atoms in total. The molecule has 0 bridgehead atoms. The lowest BCUT2D eigenvalue weighted by atomic mass is 10.1. The van der Waals surface area contributed by atoms with Gasteiger partial charge in [0.25, 0.3) is 0 Å². The summed E-state index contributed by atoms with van der Waals surface area (Å²) in [5.41, 5.74) is 3.07. The Balaban J connectivity index is 0.000000297. The highest BCUT2D eigenvalue weighted by Crippen LogP contribution is 2.33. The van der Waals surface area contributed by atoms with Gasteiger partial charge in [-0.05, 0) is 54.6 Å². The van der Waals surface area contributed by atoms with Crippen LogP contribution in [0.1, 0.15) is 18.6 Å². The molecule has 4 rings (SSSR count). The van der Waals surface area contributed by atoms with Crippen molar-refractivity contribution < 1.29 is 35.7 Å². The highest BCUT2D eigenvalue weighted by Gasteiger charge is 2.33. The number of nitrogens with one attached hydrogen (secondary N) is 1. The summed E-state index contributed by atoms with van der Waals surface area (Å²) >= 11 is 0. The number of nitrogen functional groups attached to an aromatic ring is 1. The van der Waals surface area contributed by atoms with Crippen molar-refractivity contribution in [1.29, 1.82) is 0 Å². The topological polar surface area (TPSA) is 89.9 Å². The standard InChI is InChI=1S/C11H9F3N2.C7H3F4NO2.C4H5N.CH4/c12-11(13,14)8-3-4-10(9(15)7-8)16-5-1-2-6-16;8-5-2-1-4(7(9,10)11)3-6(5)12(13)14;1-2-4-5-3-1;/h1-7H,15H2;1-3H;1-5H;1H4. The zero-order chi connectivity index (χ0) is 26.2. The minimum absolute atomic E-state index is 0. The second kappa shape index (κ2) is 12.4. The van der Waals surface area contributed by atoms with E-state index in [2.05, 4.69) is 4.98 Å². The number of aromatic amines is 1. The summed E-state index contributed by atoms with van der Waals surface area (Å²) in [7, 11) is 0. The number of anilines is 1. The third-order valence-electron chi connectivity index (χ3n) is 4.20. The molecule has 2 heterocycles. The van der Waals surface area contributed by atoms with Gasteiger partial charge in [0.15, 0.2) is 0 Å². The molecule has 0 fully saturated rings. The number of nitro benzene ring substituents is 1. The van der Waals surface area contributed by atoms with Gasteiger partial charge in [-0.1, -0.05) is 7.43 Å². The van der Waals surface area contributed by atoms with Gasteiger partial charge < -0.3 is 15.3 Å². The van der Waals surface area contributed by atoms with Crippen LogP contribution in [0.4, 0.5) is 42.1 Å². The first-order chi connectivity index (χ1) is 16.3. The number of aromatic nitrogens is 2. The molecule has 0 aliphatic heterocycles. The first-order valence-corrected chi connectivity index (χ1v) is 9.49. The van der Waals surface area contributed by atoms with Crippen LogP contribution in [0.5, 0.6) is 0 Å². The number of hydrogen-bond donors (Lipinski definition) is 2. The number of nitrogens with two attached hydrogens (primary N) is 1. The van der Waals surface area contributed by atoms with E-state index in [1.54, 1.807) is 29.1 Å². The van der Waals surface area contributed by atoms with E-state index >= 15 is 0 Å². The first kappa shape index (κ1) is 29.7. The van der Waals surface area contributed by atoms with E-state index in [1.165, 1.54) is 6.07 Å². The number of hydrogen-bond acceptors (Lipinski definition) is 3. The van der Waals surface area contributed by atoms with Crippen LogP contribution in [0.25, 0.3) is 5.69 Å². The van der Waals surface area contributed by atoms with Crippen molar-refractivity contribution >= 4 is 11.4 Å². The van der Waals surface area contributed by atoms with Gasteiger partial charge >= 0.3 is 18.0 Å². The average molecular weight is 518 g/mol. The van der Waals surface area contributed by atoms with Crippen LogP contribution in [-0.2, 0) is 12.4 Å². The minimum Gasteiger partial charge on any atom is -0.397 e. The molecule has 3 N–H and O–H groups in total. The smallest absolute Gasteiger partial charge is 0.397 e. The van der Waals surface area contributed by atoms with Crippen molar-refractivity contribution in [3.8, 4) is 5.69 Å². The third kappa shape index (κ3) is 8.49. The van der Waals surface area contributed by atoms with E-state index in [9.17, 15) is 40.8 Å². The maximum Gasteiger partial charge on any atom is 0.416 e. The van der Waals surface area contributed by atoms with E-state index < -0.39 is 39.9 Å². The Hall–Kier alpha value is -4.29. The predicted octanol–water partition coefficient (Wildman–Crippen LogP) is 7.48. The van der Waals surface area contributed by atoms with Crippen LogP contribution >= 0.6 is 0 Å². The number of rotatable bonds is 2. The Labute approximate surface area is 200 Å². The van der Waals surface area contributed by atoms with Gasteiger partial charge in [-0.2, -0.15) is 30.7 Å². The predicted molar refractivity (Wildman–Crippen MR) is 121 cm³/mol. The fourth-order valence-corrected chi connectivity index (χ4v) is 2.57. The Morgan fingerprint density at radius 1 is 0.833 bits per heavy atom. The second-order valence-corrected chi connectivity index (χ2v) is 6.67. The molecule has 0 spiro atoms. The van der Waals surface area contributed by atoms with E-state index in [1.807, 2.05) is 24.5 Å². The van der Waals surface area contributed by atoms with Gasteiger partial charge in [-0.3, -0.25) is 10.1 Å². The minimum atomic E-state index is -4.71. The molecule has 4 aromatic rings. The summed E-state index contributed by atoms with van der Waals surface area (Å²) < 4.78 is 87.5. The molecular formula is C23H21F7N4O2. The molecule has 0 aliphatic carbocycles. The Kier molecular flexibility index (Phi) is 10.3. The summed E-state index contributed by atoms with van der Waals surface area (Å²) in [6.07, 6.45) is -1.88. The fourth-order valence-electron chi connectivity index (χ4n) is 2.57. The highest BCUT2D eigenvalue weighted by atomic mass is 19.4. The number of halogens is 7. The third-order valence-corrected chi connectivity index (χ3v) is 4.20. The van der Waals surface area contributed by atoms with Crippen LogP contribution in [0.15, 0.2) is 85.5 Å². The normalized spacial score (nSPS) is 10.8. The molecule has 0 unspecified atom stereocenters. The fraction of sp³-hybridized carbons (Fsp3) is 0.130. The lowest BCUT2D eigenvalue weighted by Gasteiger charge is -2.11. The van der Waals surface area contributed by atoms with Crippen molar-refractivity contribution in [3.05, 3.63) is 113 Å². The van der Waals surface area contributed by atoms with E-state index in [0.29, 0.717) is 17.8 Å². The molecule has 36 heavy (non-hydrogen) atoms. The number of nitrogens with zero attached hydrogens (tertiary/aromatic N) is 2. The number of alkyl halides is 6. The SMILES string of the molecule is C.Nc1cc(C(F)(F)F)ccc1-n1cccc1.O=[N+]([O-])c1cc(C(F)(F)F)ccc1F.c1cc[nH]c1. The number of benzene rings is 2. The van der Waals surface area contributed by atoms with Crippen LogP contribution < -0.4 is 5.73 Å². The highest BCUT2D eigenvalue weighted by molar-refractivity contribution is 5.59. The van der Waals surface area contributed by atoms with Gasteiger partial charge in [-0.25, -0.2) is 0 Å². The van der Waals surface area contributed by atoms with Gasteiger partial charge in [0.1, 0.15) is 0 Å². The molecular weight excluding hydrogens is 497 g/mol. The quantitative estimate of drug-likeness (QED) is 0.125. The monoisotopic (exact) mass is 518 g/mol. The van der Waals surface area contributed by atoms with Gasteiger partial charge in [0, 0.05) is 30.9 Å². The lowest BCUT2D eigenvalue weighted by molar-refractivity contribution is -0.387. The lowest BCUT2D eigenvalue weighted by Crippen LogP contribution is -2.07. The molecule has 0 radical (unpaired) electrons. The number of nitro groups is 1. The first-order valence-electron chi connectivity index (χ1n) is 9.49. The van der Waals surface area contributed by atoms with Crippen molar-refractivity contribution in [2.75, 3.05) is 5.73 Å². The molecule has 0 aliphatic rings. The van der Waals surface area contributed by atoms with Crippen molar-refractivity contribution in [2.45, 2.75) is 19.8 Å². The summed E-state index contributed by atoms with van der Waals surface area (Å²) in [6.45, 7) is 0. The maximum atomic E-state index is 12.6. The molecule has 0 amide bonds. The molecule has 2 aromatic heterocycles. The van der Waals surface area contributed by atoms with Crippen molar-refractivity contribution in [1.82, 2.24) is 9.55 Å². The van der Waals surface area contributed by atoms with Crippen LogP contribution in [0, 0.1) is 15.9 Å². The molecule has 2 aromatic carbocycles. The Morgan fingerprint density at radius 3 is 1.75 bits per heavy atom. The van der Waals surface area contributed by atoms with E-state index in [-0.39, 0.29) is 19.2 Å². The van der Waals surface area contributed by atoms with Crippen LogP contribution in [0.3, 0.4) is 0 Å². The van der Waals surface area contributed by atoms with Crippen molar-refractivity contribution in [3.63, 3.8) is 0 Å².